The van der Waals surface area contributed by atoms with Crippen molar-refractivity contribution >= 4 is 24.0 Å². The monoisotopic (exact) mass is 271 g/mol. The zero-order chi connectivity index (χ0) is 11.6. The Balaban J connectivity index is 0.00000225. The van der Waals surface area contributed by atoms with E-state index in [-0.39, 0.29) is 41.6 Å². The molecule has 1 atom stereocenters. The van der Waals surface area contributed by atoms with Crippen LogP contribution in [-0.4, -0.2) is 11.7 Å². The van der Waals surface area contributed by atoms with E-state index in [4.69, 9.17) is 22.4 Å². The second-order valence-electron chi connectivity index (χ2n) is 3.32. The van der Waals surface area contributed by atoms with Gasteiger partial charge in [-0.25, -0.2) is 8.78 Å². The molecule has 0 aliphatic carbocycles. The standard InChI is InChI=1S/C10H12ClF2NO.ClH/c1-5-7(11)4-6(8(14)2-3-15)10(13)9(5)12;/h4,8,15H,2-3,14H2,1H3;1H. The van der Waals surface area contributed by atoms with Gasteiger partial charge in [0, 0.05) is 28.8 Å². The van der Waals surface area contributed by atoms with Gasteiger partial charge in [0.15, 0.2) is 11.6 Å². The highest BCUT2D eigenvalue weighted by atomic mass is 35.5. The summed E-state index contributed by atoms with van der Waals surface area (Å²) in [4.78, 5) is 0. The van der Waals surface area contributed by atoms with E-state index in [1.165, 1.54) is 13.0 Å². The van der Waals surface area contributed by atoms with Gasteiger partial charge in [0.25, 0.3) is 0 Å². The molecule has 0 radical (unpaired) electrons. The van der Waals surface area contributed by atoms with Crippen LogP contribution in [0.1, 0.15) is 23.6 Å². The summed E-state index contributed by atoms with van der Waals surface area (Å²) < 4.78 is 26.7. The third-order valence-electron chi connectivity index (χ3n) is 2.26. The average molecular weight is 272 g/mol. The Morgan fingerprint density at radius 1 is 1.44 bits per heavy atom. The summed E-state index contributed by atoms with van der Waals surface area (Å²) in [5.74, 6) is -1.97. The molecule has 0 bridgehead atoms. The van der Waals surface area contributed by atoms with Crippen molar-refractivity contribution in [2.75, 3.05) is 6.61 Å². The van der Waals surface area contributed by atoms with Gasteiger partial charge in [-0.3, -0.25) is 0 Å². The third kappa shape index (κ3) is 3.04. The molecular formula is C10H13Cl2F2NO. The Labute approximate surface area is 104 Å². The summed E-state index contributed by atoms with van der Waals surface area (Å²) in [5, 5.41) is 8.79. The largest absolute Gasteiger partial charge is 0.396 e. The molecule has 1 rings (SSSR count). The fourth-order valence-electron chi connectivity index (χ4n) is 1.27. The smallest absolute Gasteiger partial charge is 0.163 e. The Hall–Kier alpha value is -0.420. The Morgan fingerprint density at radius 2 is 2.00 bits per heavy atom. The summed E-state index contributed by atoms with van der Waals surface area (Å²) in [6, 6.07) is 0.554. The predicted octanol–water partition coefficient (Wildman–Crippen LogP) is 2.73. The van der Waals surface area contributed by atoms with Crippen molar-refractivity contribution in [3.63, 3.8) is 0 Å². The molecule has 0 fully saturated rings. The van der Waals surface area contributed by atoms with Crippen LogP contribution in [0.15, 0.2) is 6.07 Å². The number of hydrogen-bond donors (Lipinski definition) is 2. The van der Waals surface area contributed by atoms with Crippen LogP contribution < -0.4 is 5.73 Å². The third-order valence-corrected chi connectivity index (χ3v) is 2.65. The molecule has 0 spiro atoms. The minimum absolute atomic E-state index is 0. The number of hydrogen-bond acceptors (Lipinski definition) is 2. The molecule has 0 aromatic heterocycles. The van der Waals surface area contributed by atoms with Gasteiger partial charge in [-0.1, -0.05) is 11.6 Å². The molecule has 0 aliphatic rings. The maximum absolute atomic E-state index is 13.4. The van der Waals surface area contributed by atoms with E-state index in [1.807, 2.05) is 0 Å². The molecular weight excluding hydrogens is 259 g/mol. The summed E-state index contributed by atoms with van der Waals surface area (Å²) in [7, 11) is 0. The molecule has 2 nitrogen and oxygen atoms in total. The molecule has 0 heterocycles. The Bertz CT molecular complexity index is 374. The van der Waals surface area contributed by atoms with Crippen molar-refractivity contribution in [1.82, 2.24) is 0 Å². The van der Waals surface area contributed by atoms with Gasteiger partial charge >= 0.3 is 0 Å². The number of aliphatic hydroxyl groups is 1. The zero-order valence-electron chi connectivity index (χ0n) is 8.64. The average Bonchev–Trinajstić information content (AvgIpc) is 2.20. The molecule has 16 heavy (non-hydrogen) atoms. The first kappa shape index (κ1) is 15.6. The van der Waals surface area contributed by atoms with Crippen LogP contribution in [0.25, 0.3) is 0 Å². The highest BCUT2D eigenvalue weighted by Gasteiger charge is 2.18. The summed E-state index contributed by atoms with van der Waals surface area (Å²) in [6.07, 6.45) is 0.162. The first-order valence-corrected chi connectivity index (χ1v) is 4.87. The zero-order valence-corrected chi connectivity index (χ0v) is 10.2. The van der Waals surface area contributed by atoms with Crippen molar-refractivity contribution < 1.29 is 13.9 Å². The Kier molecular flexibility index (Phi) is 6.18. The van der Waals surface area contributed by atoms with Crippen LogP contribution in [0, 0.1) is 18.6 Å². The molecule has 3 N–H and O–H groups in total. The second kappa shape index (κ2) is 6.35. The fraction of sp³-hybridized carbons (Fsp3) is 0.400. The first-order valence-electron chi connectivity index (χ1n) is 4.49. The van der Waals surface area contributed by atoms with Gasteiger partial charge in [-0.05, 0) is 19.4 Å². The number of aliphatic hydroxyl groups excluding tert-OH is 1. The lowest BCUT2D eigenvalue weighted by molar-refractivity contribution is 0.275. The fourth-order valence-corrected chi connectivity index (χ4v) is 1.47. The minimum Gasteiger partial charge on any atom is -0.396 e. The van der Waals surface area contributed by atoms with E-state index in [2.05, 4.69) is 0 Å². The van der Waals surface area contributed by atoms with Gasteiger partial charge in [-0.2, -0.15) is 0 Å². The maximum Gasteiger partial charge on any atom is 0.163 e. The van der Waals surface area contributed by atoms with Gasteiger partial charge in [-0.15, -0.1) is 12.4 Å². The van der Waals surface area contributed by atoms with Crippen molar-refractivity contribution in [2.45, 2.75) is 19.4 Å². The van der Waals surface area contributed by atoms with Crippen LogP contribution in [0.3, 0.4) is 0 Å². The summed E-state index contributed by atoms with van der Waals surface area (Å²) >= 11 is 5.71. The molecule has 0 amide bonds. The minimum atomic E-state index is -0.988. The van der Waals surface area contributed by atoms with Crippen molar-refractivity contribution in [1.29, 1.82) is 0 Å². The summed E-state index contributed by atoms with van der Waals surface area (Å²) in [5.41, 5.74) is 5.63. The number of rotatable bonds is 3. The lowest BCUT2D eigenvalue weighted by Gasteiger charge is -2.13. The highest BCUT2D eigenvalue weighted by molar-refractivity contribution is 6.31. The topological polar surface area (TPSA) is 46.2 Å². The lowest BCUT2D eigenvalue weighted by Crippen LogP contribution is -2.15. The van der Waals surface area contributed by atoms with Gasteiger partial charge in [0.05, 0.1) is 0 Å². The molecule has 6 heteroatoms. The van der Waals surface area contributed by atoms with Crippen LogP contribution in [0.2, 0.25) is 5.02 Å². The van der Waals surface area contributed by atoms with E-state index in [9.17, 15) is 8.78 Å². The van der Waals surface area contributed by atoms with Crippen LogP contribution in [0.4, 0.5) is 8.78 Å². The summed E-state index contributed by atoms with van der Waals surface area (Å²) in [6.45, 7) is 1.20. The van der Waals surface area contributed by atoms with E-state index in [0.29, 0.717) is 0 Å². The first-order chi connectivity index (χ1) is 6.99. The molecule has 1 unspecified atom stereocenters. The Morgan fingerprint density at radius 3 is 2.50 bits per heavy atom. The van der Waals surface area contributed by atoms with Gasteiger partial charge in [0.2, 0.25) is 0 Å². The van der Waals surface area contributed by atoms with Gasteiger partial charge < -0.3 is 10.8 Å². The van der Waals surface area contributed by atoms with Crippen molar-refractivity contribution in [2.24, 2.45) is 5.73 Å². The molecule has 0 saturated carbocycles. The SMILES string of the molecule is Cc1c(Cl)cc(C(N)CCO)c(F)c1F.Cl. The van der Waals surface area contributed by atoms with E-state index >= 15 is 0 Å². The number of halogens is 4. The van der Waals surface area contributed by atoms with Crippen LogP contribution in [-0.2, 0) is 0 Å². The predicted molar refractivity (Wildman–Crippen MR) is 62.0 cm³/mol. The maximum atomic E-state index is 13.4. The quantitative estimate of drug-likeness (QED) is 0.831. The highest BCUT2D eigenvalue weighted by Crippen LogP contribution is 2.28. The molecule has 0 aliphatic heterocycles. The van der Waals surface area contributed by atoms with Crippen LogP contribution in [0.5, 0.6) is 0 Å². The molecule has 0 saturated heterocycles. The second-order valence-corrected chi connectivity index (χ2v) is 3.73. The number of nitrogens with two attached hydrogens (primary N) is 1. The van der Waals surface area contributed by atoms with E-state index < -0.39 is 17.7 Å². The normalized spacial score (nSPS) is 12.1. The molecule has 1 aromatic carbocycles. The molecule has 1 aromatic rings. The van der Waals surface area contributed by atoms with Crippen LogP contribution >= 0.6 is 24.0 Å². The van der Waals surface area contributed by atoms with E-state index in [0.717, 1.165) is 0 Å². The van der Waals surface area contributed by atoms with Crippen molar-refractivity contribution in [3.05, 3.63) is 33.9 Å². The van der Waals surface area contributed by atoms with E-state index in [1.54, 1.807) is 0 Å². The number of benzene rings is 1. The van der Waals surface area contributed by atoms with Gasteiger partial charge in [0.1, 0.15) is 0 Å². The lowest BCUT2D eigenvalue weighted by atomic mass is 10.0. The van der Waals surface area contributed by atoms with Crippen molar-refractivity contribution in [3.8, 4) is 0 Å². The molecule has 92 valence electrons.